The molecule has 0 saturated carbocycles. The van der Waals surface area contributed by atoms with Gasteiger partial charge in [-0.3, -0.25) is 9.89 Å². The first kappa shape index (κ1) is 24.0. The van der Waals surface area contributed by atoms with Crippen LogP contribution in [0.5, 0.6) is 5.75 Å². The second kappa shape index (κ2) is 10.1. The van der Waals surface area contributed by atoms with Gasteiger partial charge in [0.25, 0.3) is 5.91 Å². The van der Waals surface area contributed by atoms with E-state index in [1.807, 2.05) is 30.2 Å². The highest BCUT2D eigenvalue weighted by molar-refractivity contribution is 6.11. The maximum Gasteiger partial charge on any atom is 0.276 e. The molecule has 1 aromatic heterocycles. The Balaban J connectivity index is 1.34. The number of nitrogens with zero attached hydrogens (tertiary/aromatic N) is 3. The molecule has 0 bridgehead atoms. The van der Waals surface area contributed by atoms with Gasteiger partial charge in [0, 0.05) is 61.2 Å². The van der Waals surface area contributed by atoms with E-state index in [0.29, 0.717) is 39.8 Å². The summed E-state index contributed by atoms with van der Waals surface area (Å²) in [5.74, 6) is -0.0963. The fourth-order valence-electron chi connectivity index (χ4n) is 4.63. The number of likely N-dealkylation sites (N-methyl/N-ethyl adjacent to an activating group) is 1. The third-order valence-corrected chi connectivity index (χ3v) is 6.73. The number of benzene rings is 2. The molecule has 0 aliphatic carbocycles. The van der Waals surface area contributed by atoms with Crippen LogP contribution in [0.15, 0.2) is 54.2 Å². The highest BCUT2D eigenvalue weighted by Gasteiger charge is 2.22. The molecule has 0 radical (unpaired) electrons. The van der Waals surface area contributed by atoms with E-state index in [1.54, 1.807) is 24.4 Å². The number of amides is 1. The monoisotopic (exact) mass is 491 g/mol. The quantitative estimate of drug-likeness (QED) is 0.488. The van der Waals surface area contributed by atoms with E-state index < -0.39 is 11.7 Å². The summed E-state index contributed by atoms with van der Waals surface area (Å²) in [4.78, 5) is 17.3. The number of hydrogen-bond acceptors (Lipinski definition) is 6. The molecule has 8 nitrogen and oxygen atoms in total. The number of nitrogens with one attached hydrogen (secondary N) is 2. The van der Waals surface area contributed by atoms with Crippen molar-refractivity contribution in [2.24, 2.45) is 0 Å². The minimum atomic E-state index is -0.459. The second-order valence-electron chi connectivity index (χ2n) is 9.42. The third-order valence-electron chi connectivity index (χ3n) is 6.73. The lowest BCUT2D eigenvalue weighted by Gasteiger charge is -2.29. The number of H-pyrrole nitrogens is 1. The van der Waals surface area contributed by atoms with E-state index in [-0.39, 0.29) is 18.4 Å². The normalized spacial score (nSPS) is 17.2. The van der Waals surface area contributed by atoms with Crippen LogP contribution in [-0.2, 0) is 0 Å². The summed E-state index contributed by atoms with van der Waals surface area (Å²) in [5, 5.41) is 20.0. The Morgan fingerprint density at radius 3 is 2.69 bits per heavy atom. The van der Waals surface area contributed by atoms with Crippen LogP contribution in [0, 0.1) is 5.82 Å². The van der Waals surface area contributed by atoms with Gasteiger partial charge in [-0.1, -0.05) is 6.08 Å². The second-order valence-corrected chi connectivity index (χ2v) is 9.42. The molecule has 2 aliphatic heterocycles. The topological polar surface area (TPSA) is 93.7 Å². The zero-order valence-electron chi connectivity index (χ0n) is 20.4. The third kappa shape index (κ3) is 4.98. The Kier molecular flexibility index (Phi) is 6.75. The number of ether oxygens (including phenoxy) is 1. The Hall–Kier alpha value is -3.69. The smallest absolute Gasteiger partial charge is 0.276 e. The van der Waals surface area contributed by atoms with Crippen LogP contribution >= 0.6 is 0 Å². The van der Waals surface area contributed by atoms with Gasteiger partial charge in [-0.05, 0) is 55.8 Å². The van der Waals surface area contributed by atoms with Crippen molar-refractivity contribution in [2.75, 3.05) is 45.7 Å². The lowest BCUT2D eigenvalue weighted by Crippen LogP contribution is -2.35. The van der Waals surface area contributed by atoms with E-state index in [1.165, 1.54) is 6.07 Å². The lowest BCUT2D eigenvalue weighted by molar-refractivity contribution is 0.102. The number of aliphatic hydroxyl groups excluding tert-OH is 1. The van der Waals surface area contributed by atoms with Crippen LogP contribution in [0.1, 0.15) is 28.9 Å². The number of likely N-dealkylation sites (tertiary alicyclic amines) is 1. The average Bonchev–Trinajstić information content (AvgIpc) is 3.29. The molecule has 1 saturated heterocycles. The minimum absolute atomic E-state index is 0.164. The summed E-state index contributed by atoms with van der Waals surface area (Å²) >= 11 is 0. The van der Waals surface area contributed by atoms with Crippen LogP contribution in [0.3, 0.4) is 0 Å². The standard InChI is InChI=1S/C27H30FN5O3/c1-32-11-8-20(9-12-32)36-19-5-3-18(4-6-19)29-27(35)26-22-13-21(24(28)14-25(22)30-31-26)23-15-33(2)10-7-17(23)16-34/h3-7,13-15,20,34H,8-12,16H2,1-2H3,(H,29,35)(H,30,31). The fourth-order valence-corrected chi connectivity index (χ4v) is 4.63. The SMILES string of the molecule is CN1C=C(c2cc3c(C(=O)Nc4ccc(OC5CCN(C)CC5)cc4)n[nH]c3cc2F)C(CO)=CC1. The number of piperidine rings is 1. The number of rotatable bonds is 6. The van der Waals surface area contributed by atoms with Crippen molar-refractivity contribution >= 4 is 28.1 Å². The Bertz CT molecular complexity index is 1320. The van der Waals surface area contributed by atoms with Gasteiger partial charge in [-0.25, -0.2) is 4.39 Å². The van der Waals surface area contributed by atoms with Crippen molar-refractivity contribution in [3.8, 4) is 5.75 Å². The van der Waals surface area contributed by atoms with E-state index in [2.05, 4.69) is 27.5 Å². The van der Waals surface area contributed by atoms with Gasteiger partial charge in [0.05, 0.1) is 12.1 Å². The summed E-state index contributed by atoms with van der Waals surface area (Å²) in [7, 11) is 3.99. The first-order valence-electron chi connectivity index (χ1n) is 12.1. The van der Waals surface area contributed by atoms with E-state index in [0.717, 1.165) is 31.7 Å². The largest absolute Gasteiger partial charge is 0.490 e. The van der Waals surface area contributed by atoms with Crippen LogP contribution in [0.2, 0.25) is 0 Å². The predicted octanol–water partition coefficient (Wildman–Crippen LogP) is 3.63. The van der Waals surface area contributed by atoms with Crippen molar-refractivity contribution in [1.82, 2.24) is 20.0 Å². The molecule has 0 spiro atoms. The van der Waals surface area contributed by atoms with Gasteiger partial charge in [0.15, 0.2) is 5.69 Å². The number of aliphatic hydroxyl groups is 1. The number of carbonyl (C=O) groups is 1. The first-order chi connectivity index (χ1) is 17.4. The van der Waals surface area contributed by atoms with Crippen molar-refractivity contribution < 1.29 is 19.0 Å². The van der Waals surface area contributed by atoms with Crippen LogP contribution in [0.4, 0.5) is 10.1 Å². The molecular weight excluding hydrogens is 461 g/mol. The lowest BCUT2D eigenvalue weighted by atomic mass is 9.95. The van der Waals surface area contributed by atoms with Gasteiger partial charge in [-0.2, -0.15) is 5.10 Å². The molecule has 2 aromatic carbocycles. The maximum atomic E-state index is 15.0. The zero-order chi connectivity index (χ0) is 25.2. The maximum absolute atomic E-state index is 15.0. The molecule has 0 atom stereocenters. The average molecular weight is 492 g/mol. The van der Waals surface area contributed by atoms with Crippen molar-refractivity contribution in [3.63, 3.8) is 0 Å². The van der Waals surface area contributed by atoms with Gasteiger partial charge in [0.2, 0.25) is 0 Å². The minimum Gasteiger partial charge on any atom is -0.490 e. The summed E-state index contributed by atoms with van der Waals surface area (Å²) in [6.07, 6.45) is 5.85. The molecule has 1 fully saturated rings. The number of anilines is 1. The molecule has 5 rings (SSSR count). The van der Waals surface area contributed by atoms with Crippen molar-refractivity contribution in [2.45, 2.75) is 18.9 Å². The van der Waals surface area contributed by atoms with Gasteiger partial charge < -0.3 is 25.0 Å². The van der Waals surface area contributed by atoms with Crippen molar-refractivity contribution in [1.29, 1.82) is 0 Å². The van der Waals surface area contributed by atoms with E-state index in [9.17, 15) is 14.3 Å². The number of aromatic amines is 1. The van der Waals surface area contributed by atoms with Crippen LogP contribution in [0.25, 0.3) is 16.5 Å². The summed E-state index contributed by atoms with van der Waals surface area (Å²) < 4.78 is 21.1. The molecule has 3 heterocycles. The number of fused-ring (bicyclic) bond motifs is 1. The number of aromatic nitrogens is 2. The van der Waals surface area contributed by atoms with E-state index >= 15 is 0 Å². The Morgan fingerprint density at radius 1 is 1.22 bits per heavy atom. The number of carbonyl (C=O) groups excluding carboxylic acids is 1. The first-order valence-corrected chi connectivity index (χ1v) is 12.1. The summed E-state index contributed by atoms with van der Waals surface area (Å²) in [6.45, 7) is 2.47. The predicted molar refractivity (Wildman–Crippen MR) is 137 cm³/mol. The molecule has 1 amide bonds. The molecule has 36 heavy (non-hydrogen) atoms. The molecular formula is C27H30FN5O3. The van der Waals surface area contributed by atoms with Gasteiger partial charge >= 0.3 is 0 Å². The Morgan fingerprint density at radius 2 is 1.97 bits per heavy atom. The molecule has 3 aromatic rings. The molecule has 9 heteroatoms. The van der Waals surface area contributed by atoms with Crippen molar-refractivity contribution in [3.05, 3.63) is 71.3 Å². The van der Waals surface area contributed by atoms with Gasteiger partial charge in [0.1, 0.15) is 17.7 Å². The summed E-state index contributed by atoms with van der Waals surface area (Å²) in [5.41, 5.74) is 2.72. The molecule has 0 unspecified atom stereocenters. The number of halogens is 1. The molecule has 3 N–H and O–H groups in total. The molecule has 188 valence electrons. The highest BCUT2D eigenvalue weighted by atomic mass is 19.1. The molecule has 2 aliphatic rings. The highest BCUT2D eigenvalue weighted by Crippen LogP contribution is 2.32. The van der Waals surface area contributed by atoms with Crippen LogP contribution < -0.4 is 10.1 Å². The van der Waals surface area contributed by atoms with Gasteiger partial charge in [-0.15, -0.1) is 0 Å². The number of hydrogen-bond donors (Lipinski definition) is 3. The zero-order valence-corrected chi connectivity index (χ0v) is 20.4. The van der Waals surface area contributed by atoms with E-state index in [4.69, 9.17) is 4.74 Å². The fraction of sp³-hybridized carbons (Fsp3) is 0.333. The summed E-state index contributed by atoms with van der Waals surface area (Å²) in [6, 6.07) is 10.2. The Labute approximate surface area is 209 Å². The van der Waals surface area contributed by atoms with Crippen LogP contribution in [-0.4, -0.2) is 77.5 Å².